The molecule has 1 aromatic heterocycles. The number of nitrogens with one attached hydrogen (secondary N) is 1. The highest BCUT2D eigenvalue weighted by atomic mass is 32.2. The molecule has 7 nitrogen and oxygen atoms in total. The summed E-state index contributed by atoms with van der Waals surface area (Å²) in [5.41, 5.74) is 0. The van der Waals surface area contributed by atoms with E-state index in [4.69, 9.17) is 4.74 Å². The zero-order chi connectivity index (χ0) is 17.3. The molecule has 1 fully saturated rings. The summed E-state index contributed by atoms with van der Waals surface area (Å²) in [6.45, 7) is 1.26. The van der Waals surface area contributed by atoms with Gasteiger partial charge in [-0.3, -0.25) is 0 Å². The lowest BCUT2D eigenvalue weighted by molar-refractivity contribution is 0.258. The number of aryl methyl sites for hydroxylation is 1. The molecule has 0 radical (unpaired) electrons. The average Bonchev–Trinajstić information content (AvgIpc) is 3.00. The largest absolute Gasteiger partial charge is 0.494 e. The molecule has 2 aromatic rings. The molecule has 1 aliphatic heterocycles. The van der Waals surface area contributed by atoms with Crippen molar-refractivity contribution in [3.05, 3.63) is 42.2 Å². The Kier molecular flexibility index (Phi) is 4.57. The Morgan fingerprint density at radius 1 is 1.42 bits per heavy atom. The van der Waals surface area contributed by atoms with E-state index in [1.807, 2.05) is 7.05 Å². The quantitative estimate of drug-likeness (QED) is 0.883. The van der Waals surface area contributed by atoms with Gasteiger partial charge in [0.1, 0.15) is 5.82 Å². The SMILES string of the molecule is COc1ccc(S(=O)(=O)N2CCNCC2c2nccn2C)cc1F. The number of halogens is 1. The lowest BCUT2D eigenvalue weighted by atomic mass is 10.2. The van der Waals surface area contributed by atoms with E-state index in [9.17, 15) is 12.8 Å². The van der Waals surface area contributed by atoms with E-state index in [1.165, 1.54) is 23.5 Å². The molecule has 1 aromatic carbocycles. The van der Waals surface area contributed by atoms with Gasteiger partial charge in [0.2, 0.25) is 10.0 Å². The van der Waals surface area contributed by atoms with Crippen LogP contribution in [0.3, 0.4) is 0 Å². The molecule has 2 heterocycles. The van der Waals surface area contributed by atoms with Gasteiger partial charge in [0, 0.05) is 39.1 Å². The third-order valence-electron chi connectivity index (χ3n) is 4.08. The summed E-state index contributed by atoms with van der Waals surface area (Å²) in [5.74, 6) is -0.0584. The maximum absolute atomic E-state index is 13.9. The third kappa shape index (κ3) is 2.90. The van der Waals surface area contributed by atoms with Gasteiger partial charge >= 0.3 is 0 Å². The van der Waals surface area contributed by atoms with Gasteiger partial charge in [0.15, 0.2) is 11.6 Å². The first-order valence-corrected chi connectivity index (χ1v) is 8.92. The number of hydrogen-bond acceptors (Lipinski definition) is 5. The number of piperazine rings is 1. The third-order valence-corrected chi connectivity index (χ3v) is 5.98. The normalized spacial score (nSPS) is 19.4. The second-order valence-corrected chi connectivity index (χ2v) is 7.42. The summed E-state index contributed by atoms with van der Waals surface area (Å²) in [6.07, 6.45) is 3.39. The van der Waals surface area contributed by atoms with Crippen molar-refractivity contribution in [1.29, 1.82) is 0 Å². The fraction of sp³-hybridized carbons (Fsp3) is 0.400. The van der Waals surface area contributed by atoms with Crippen LogP contribution in [0.15, 0.2) is 35.5 Å². The Balaban J connectivity index is 2.00. The molecule has 130 valence electrons. The zero-order valence-electron chi connectivity index (χ0n) is 13.4. The van der Waals surface area contributed by atoms with Crippen LogP contribution in [0.25, 0.3) is 0 Å². The Hall–Kier alpha value is -1.97. The van der Waals surface area contributed by atoms with Gasteiger partial charge in [-0.1, -0.05) is 0 Å². The Morgan fingerprint density at radius 3 is 2.83 bits per heavy atom. The van der Waals surface area contributed by atoms with Crippen LogP contribution in [0.5, 0.6) is 5.75 Å². The summed E-state index contributed by atoms with van der Waals surface area (Å²) in [4.78, 5) is 4.17. The Labute approximate surface area is 140 Å². The van der Waals surface area contributed by atoms with Crippen molar-refractivity contribution in [2.75, 3.05) is 26.7 Å². The first kappa shape index (κ1) is 16.9. The highest BCUT2D eigenvalue weighted by molar-refractivity contribution is 7.89. The fourth-order valence-electron chi connectivity index (χ4n) is 2.83. The van der Waals surface area contributed by atoms with E-state index in [2.05, 4.69) is 10.3 Å². The van der Waals surface area contributed by atoms with Gasteiger partial charge < -0.3 is 14.6 Å². The fourth-order valence-corrected chi connectivity index (χ4v) is 4.43. The Bertz CT molecular complexity index is 837. The van der Waals surface area contributed by atoms with E-state index < -0.39 is 21.9 Å². The molecule has 9 heteroatoms. The van der Waals surface area contributed by atoms with Crippen LogP contribution in [-0.4, -0.2) is 49.0 Å². The molecule has 1 atom stereocenters. The maximum Gasteiger partial charge on any atom is 0.243 e. The molecule has 1 unspecified atom stereocenters. The molecule has 24 heavy (non-hydrogen) atoms. The van der Waals surface area contributed by atoms with Crippen molar-refractivity contribution >= 4 is 10.0 Å². The van der Waals surface area contributed by atoms with Gasteiger partial charge in [-0.15, -0.1) is 0 Å². The number of nitrogens with zero attached hydrogens (tertiary/aromatic N) is 3. The van der Waals surface area contributed by atoms with Gasteiger partial charge in [-0.25, -0.2) is 17.8 Å². The maximum atomic E-state index is 13.9. The molecule has 1 N–H and O–H groups in total. The van der Waals surface area contributed by atoms with Crippen LogP contribution in [0, 0.1) is 5.82 Å². The average molecular weight is 354 g/mol. The molecule has 0 aliphatic carbocycles. The standard InChI is InChI=1S/C15H19FN4O3S/c1-19-7-6-18-15(19)13-10-17-5-8-20(13)24(21,22)11-3-4-14(23-2)12(16)9-11/h3-4,6-7,9,13,17H,5,8,10H2,1-2H3. The van der Waals surface area contributed by atoms with Crippen molar-refractivity contribution in [1.82, 2.24) is 19.2 Å². The first-order chi connectivity index (χ1) is 11.4. The van der Waals surface area contributed by atoms with Crippen molar-refractivity contribution in [2.24, 2.45) is 7.05 Å². The van der Waals surface area contributed by atoms with E-state index in [1.54, 1.807) is 17.0 Å². The molecular formula is C15H19FN4O3S. The van der Waals surface area contributed by atoms with Crippen molar-refractivity contribution in [3.8, 4) is 5.75 Å². The molecular weight excluding hydrogens is 335 g/mol. The second-order valence-electron chi connectivity index (χ2n) is 5.53. The minimum absolute atomic E-state index is 0.00918. The number of rotatable bonds is 4. The van der Waals surface area contributed by atoms with E-state index >= 15 is 0 Å². The molecule has 0 amide bonds. The van der Waals surface area contributed by atoms with Gasteiger partial charge in [-0.2, -0.15) is 4.31 Å². The number of sulfonamides is 1. The van der Waals surface area contributed by atoms with Crippen LogP contribution < -0.4 is 10.1 Å². The van der Waals surface area contributed by atoms with Crippen LogP contribution in [0.2, 0.25) is 0 Å². The molecule has 1 saturated heterocycles. The minimum atomic E-state index is -3.86. The number of benzene rings is 1. The van der Waals surface area contributed by atoms with Crippen LogP contribution in [0.1, 0.15) is 11.9 Å². The van der Waals surface area contributed by atoms with Gasteiger partial charge in [0.25, 0.3) is 0 Å². The molecule has 1 aliphatic rings. The van der Waals surface area contributed by atoms with E-state index in [0.29, 0.717) is 18.9 Å². The smallest absolute Gasteiger partial charge is 0.243 e. The van der Waals surface area contributed by atoms with Crippen LogP contribution >= 0.6 is 0 Å². The van der Waals surface area contributed by atoms with Gasteiger partial charge in [-0.05, 0) is 18.2 Å². The van der Waals surface area contributed by atoms with Gasteiger partial charge in [0.05, 0.1) is 18.0 Å². The highest BCUT2D eigenvalue weighted by Crippen LogP contribution is 2.29. The Morgan fingerprint density at radius 2 is 2.21 bits per heavy atom. The number of ether oxygens (including phenoxy) is 1. The highest BCUT2D eigenvalue weighted by Gasteiger charge is 2.36. The predicted molar refractivity (Wildman–Crippen MR) is 85.7 cm³/mol. The summed E-state index contributed by atoms with van der Waals surface area (Å²) >= 11 is 0. The minimum Gasteiger partial charge on any atom is -0.494 e. The number of methoxy groups -OCH3 is 1. The van der Waals surface area contributed by atoms with Crippen LogP contribution in [0.4, 0.5) is 4.39 Å². The summed E-state index contributed by atoms with van der Waals surface area (Å²) < 4.78 is 48.0. The van der Waals surface area contributed by atoms with E-state index in [-0.39, 0.29) is 17.2 Å². The van der Waals surface area contributed by atoms with Crippen molar-refractivity contribution in [3.63, 3.8) is 0 Å². The van der Waals surface area contributed by atoms with Crippen LogP contribution in [-0.2, 0) is 17.1 Å². The first-order valence-electron chi connectivity index (χ1n) is 7.48. The number of aromatic nitrogens is 2. The second kappa shape index (κ2) is 6.50. The topological polar surface area (TPSA) is 76.5 Å². The molecule has 0 spiro atoms. The predicted octanol–water partition coefficient (Wildman–Crippen LogP) is 0.903. The molecule has 3 rings (SSSR count). The lowest BCUT2D eigenvalue weighted by Crippen LogP contribution is -2.49. The van der Waals surface area contributed by atoms with E-state index in [0.717, 1.165) is 6.07 Å². The summed E-state index contributed by atoms with van der Waals surface area (Å²) in [6, 6.07) is 3.22. The van der Waals surface area contributed by atoms with Crippen molar-refractivity contribution < 1.29 is 17.5 Å². The molecule has 0 saturated carbocycles. The molecule has 0 bridgehead atoms. The lowest BCUT2D eigenvalue weighted by Gasteiger charge is -2.34. The zero-order valence-corrected chi connectivity index (χ0v) is 14.3. The number of hydrogen-bond donors (Lipinski definition) is 1. The monoisotopic (exact) mass is 354 g/mol. The van der Waals surface area contributed by atoms with Crippen molar-refractivity contribution in [2.45, 2.75) is 10.9 Å². The summed E-state index contributed by atoms with van der Waals surface area (Å²) in [7, 11) is -0.709. The number of imidazole rings is 1. The summed E-state index contributed by atoms with van der Waals surface area (Å²) in [5, 5.41) is 3.18.